The Labute approximate surface area is 368 Å². The highest BCUT2D eigenvalue weighted by molar-refractivity contribution is 7.90. The number of methoxy groups -OCH3 is 1. The number of nitrogens with zero attached hydrogens (tertiary/aromatic N) is 4. The number of likely N-dealkylation sites (N-methyl/N-ethyl adjacent to an activating group) is 1. The van der Waals surface area contributed by atoms with E-state index in [1.165, 1.54) is 24.2 Å². The molecule has 16 heteroatoms. The molecular weight excluding hydrogens is 825 g/mol. The summed E-state index contributed by atoms with van der Waals surface area (Å²) in [5, 5.41) is 6.31. The molecule has 0 spiro atoms. The van der Waals surface area contributed by atoms with Crippen molar-refractivity contribution < 1.29 is 41.8 Å². The molecule has 3 heterocycles. The fourth-order valence-corrected chi connectivity index (χ4v) is 10.2. The van der Waals surface area contributed by atoms with Crippen molar-refractivity contribution in [2.45, 2.75) is 101 Å². The maximum absolute atomic E-state index is 14.9. The molecule has 63 heavy (non-hydrogen) atoms. The van der Waals surface area contributed by atoms with Gasteiger partial charge in [-0.1, -0.05) is 63.2 Å². The van der Waals surface area contributed by atoms with E-state index in [-0.39, 0.29) is 32.2 Å². The molecule has 334 valence electrons. The molecule has 5 unspecified atom stereocenters. The average molecular weight is 881 g/mol. The molecule has 2 aromatic carbocycles. The number of alkyl carbamates (subject to hydrolysis) is 1. The van der Waals surface area contributed by atoms with Crippen LogP contribution < -0.4 is 20.1 Å². The number of likely N-dealkylation sites (tertiary alicyclic amines) is 1. The van der Waals surface area contributed by atoms with Crippen molar-refractivity contribution in [2.24, 2.45) is 11.3 Å². The number of fused-ring (bicyclic) bond motifs is 1. The highest BCUT2D eigenvalue weighted by Crippen LogP contribution is 2.54. The second-order valence-electron chi connectivity index (χ2n) is 18.7. The van der Waals surface area contributed by atoms with Crippen LogP contribution in [0.4, 0.5) is 4.79 Å². The molecule has 2 aromatic heterocycles. The summed E-state index contributed by atoms with van der Waals surface area (Å²) >= 11 is 0. The first-order valence-corrected chi connectivity index (χ1v) is 22.5. The lowest BCUT2D eigenvalue weighted by atomic mass is 9.85. The smallest absolute Gasteiger partial charge is 0.408 e. The Morgan fingerprint density at radius 2 is 1.68 bits per heavy atom. The van der Waals surface area contributed by atoms with Gasteiger partial charge < -0.3 is 29.7 Å². The first-order chi connectivity index (χ1) is 29.6. The highest BCUT2D eigenvalue weighted by atomic mass is 32.2. The lowest BCUT2D eigenvalue weighted by Gasteiger charge is -2.36. The van der Waals surface area contributed by atoms with Gasteiger partial charge in [0.15, 0.2) is 0 Å². The van der Waals surface area contributed by atoms with Gasteiger partial charge in [0.25, 0.3) is 5.91 Å². The van der Waals surface area contributed by atoms with E-state index >= 15 is 0 Å². The van der Waals surface area contributed by atoms with Gasteiger partial charge in [-0.15, -0.1) is 6.58 Å². The molecule has 2 aliphatic carbocycles. The second-order valence-corrected chi connectivity index (χ2v) is 21.0. The highest BCUT2D eigenvalue weighted by Gasteiger charge is 2.66. The number of ether oxygens (including phenoxy) is 3. The predicted molar refractivity (Wildman–Crippen MR) is 237 cm³/mol. The zero-order valence-corrected chi connectivity index (χ0v) is 37.8. The predicted octanol–water partition coefficient (Wildman–Crippen LogP) is 6.13. The Kier molecular flexibility index (Phi) is 11.9. The van der Waals surface area contributed by atoms with Gasteiger partial charge in [0.1, 0.15) is 45.6 Å². The van der Waals surface area contributed by atoms with E-state index in [4.69, 9.17) is 19.2 Å². The zero-order valence-electron chi connectivity index (χ0n) is 37.0. The largest absolute Gasteiger partial charge is 0.497 e. The molecule has 0 radical (unpaired) electrons. The molecule has 3 aliphatic rings. The molecule has 4 aromatic rings. The number of pyridine rings is 2. The van der Waals surface area contributed by atoms with Gasteiger partial charge in [-0.25, -0.2) is 22.5 Å². The van der Waals surface area contributed by atoms with Crippen molar-refractivity contribution in [2.75, 3.05) is 20.7 Å². The Bertz CT molecular complexity index is 2540. The van der Waals surface area contributed by atoms with Crippen molar-refractivity contribution in [3.63, 3.8) is 0 Å². The molecule has 3 fully saturated rings. The summed E-state index contributed by atoms with van der Waals surface area (Å²) in [5.74, 6) is -1.64. The minimum absolute atomic E-state index is 0.0124. The molecule has 2 saturated carbocycles. The normalized spacial score (nSPS) is 22.0. The SMILES string of the molecule is C=CC1CC1(NC(=O)C1CC(Oc2cc(-c3ccccc3)nc3cc(OC)ccc23)CN1C(=O)C(NC(=O)OC(C)(C)C)C(C)(C)C)C(=O)N(C)S(=O)(=O)C1(c2ccccn2)CC1. The Hall–Kier alpha value is -6.03. The fraction of sp³-hybridized carbons (Fsp3) is 0.447. The van der Waals surface area contributed by atoms with E-state index in [2.05, 4.69) is 22.2 Å². The van der Waals surface area contributed by atoms with Gasteiger partial charge in [-0.2, -0.15) is 0 Å². The number of aromatic nitrogens is 2. The van der Waals surface area contributed by atoms with Crippen LogP contribution in [0.25, 0.3) is 22.2 Å². The lowest BCUT2D eigenvalue weighted by Crippen LogP contribution is -2.60. The van der Waals surface area contributed by atoms with E-state index in [0.29, 0.717) is 33.8 Å². The fourth-order valence-electron chi connectivity index (χ4n) is 8.31. The molecule has 5 atom stereocenters. The minimum atomic E-state index is -4.29. The Balaban J connectivity index is 1.23. The first-order valence-electron chi connectivity index (χ1n) is 21.0. The van der Waals surface area contributed by atoms with E-state index in [1.807, 2.05) is 42.5 Å². The van der Waals surface area contributed by atoms with Crippen LogP contribution in [0.3, 0.4) is 0 Å². The summed E-state index contributed by atoms with van der Waals surface area (Å²) in [5.41, 5.74) is -0.965. The van der Waals surface area contributed by atoms with E-state index in [0.717, 1.165) is 9.87 Å². The van der Waals surface area contributed by atoms with Crippen LogP contribution in [0, 0.1) is 11.3 Å². The van der Waals surface area contributed by atoms with Gasteiger partial charge in [-0.05, 0) is 69.7 Å². The third-order valence-electron chi connectivity index (χ3n) is 12.0. The van der Waals surface area contributed by atoms with Crippen molar-refractivity contribution in [3.05, 3.63) is 97.3 Å². The summed E-state index contributed by atoms with van der Waals surface area (Å²) < 4.78 is 45.6. The van der Waals surface area contributed by atoms with Crippen molar-refractivity contribution in [1.82, 2.24) is 29.8 Å². The molecule has 4 amide bonds. The number of hydrogen-bond donors (Lipinski definition) is 2. The van der Waals surface area contributed by atoms with E-state index in [9.17, 15) is 27.6 Å². The minimum Gasteiger partial charge on any atom is -0.497 e. The van der Waals surface area contributed by atoms with Crippen molar-refractivity contribution >= 4 is 44.7 Å². The number of carbonyl (C=O) groups is 4. The Morgan fingerprint density at radius 1 is 0.984 bits per heavy atom. The quantitative estimate of drug-likeness (QED) is 0.147. The molecule has 0 bridgehead atoms. The molecule has 2 N–H and O–H groups in total. The number of rotatable bonds is 13. The van der Waals surface area contributed by atoms with Crippen LogP contribution in [-0.2, 0) is 33.9 Å². The average Bonchev–Trinajstić information content (AvgIpc) is 4.16. The summed E-state index contributed by atoms with van der Waals surface area (Å²) in [6, 6.07) is 19.4. The third kappa shape index (κ3) is 8.82. The summed E-state index contributed by atoms with van der Waals surface area (Å²) in [6.45, 7) is 14.3. The molecule has 15 nitrogen and oxygen atoms in total. The van der Waals surface area contributed by atoms with E-state index in [1.54, 1.807) is 79.0 Å². The van der Waals surface area contributed by atoms with Crippen LogP contribution in [0.5, 0.6) is 11.5 Å². The van der Waals surface area contributed by atoms with Crippen molar-refractivity contribution in [1.29, 1.82) is 0 Å². The number of carbonyl (C=O) groups excluding carboxylic acids is 4. The number of hydrogen-bond acceptors (Lipinski definition) is 11. The number of nitrogens with one attached hydrogen (secondary N) is 2. The first kappa shape index (κ1) is 45.0. The van der Waals surface area contributed by atoms with Gasteiger partial charge in [0.05, 0.1) is 30.6 Å². The number of sulfonamides is 1. The number of amides is 4. The number of benzene rings is 2. The van der Waals surface area contributed by atoms with Crippen LogP contribution in [0.15, 0.2) is 91.6 Å². The van der Waals surface area contributed by atoms with Gasteiger partial charge in [-0.3, -0.25) is 19.4 Å². The van der Waals surface area contributed by atoms with Crippen LogP contribution in [0.2, 0.25) is 0 Å². The van der Waals surface area contributed by atoms with Crippen molar-refractivity contribution in [3.8, 4) is 22.8 Å². The second kappa shape index (κ2) is 16.6. The van der Waals surface area contributed by atoms with Gasteiger partial charge >= 0.3 is 6.09 Å². The van der Waals surface area contributed by atoms with Crippen LogP contribution in [-0.4, -0.2) is 101 Å². The summed E-state index contributed by atoms with van der Waals surface area (Å²) in [7, 11) is -1.52. The molecule has 1 aliphatic heterocycles. The third-order valence-corrected chi connectivity index (χ3v) is 14.5. The van der Waals surface area contributed by atoms with Crippen LogP contribution in [0.1, 0.15) is 72.9 Å². The maximum atomic E-state index is 14.9. The molecular formula is C47H56N6O9S. The topological polar surface area (TPSA) is 186 Å². The lowest BCUT2D eigenvalue weighted by molar-refractivity contribution is -0.143. The van der Waals surface area contributed by atoms with E-state index < -0.39 is 79.2 Å². The van der Waals surface area contributed by atoms with Gasteiger partial charge in [0, 0.05) is 48.7 Å². The van der Waals surface area contributed by atoms with Gasteiger partial charge in [0.2, 0.25) is 21.8 Å². The monoisotopic (exact) mass is 880 g/mol. The summed E-state index contributed by atoms with van der Waals surface area (Å²) in [4.78, 5) is 68.0. The molecule has 1 saturated heterocycles. The maximum Gasteiger partial charge on any atom is 0.408 e. The zero-order chi connectivity index (χ0) is 45.7. The Morgan fingerprint density at radius 3 is 2.27 bits per heavy atom. The van der Waals surface area contributed by atoms with Crippen LogP contribution >= 0.6 is 0 Å². The molecule has 7 rings (SSSR count). The summed E-state index contributed by atoms with van der Waals surface area (Å²) in [6.07, 6.45) is 2.11. The standard InChI is InChI=1S/C47H56N6O9S/c1-10-30-27-47(30,42(56)52(8)63(58,59)46(21-22-46)38-18-14-15-23-48-38)51-40(54)36-25-32(28-53(36)41(55)39(44(2,3)4)50-43(57)62-45(5,6)7)61-37-26-34(29-16-12-11-13-17-29)49-35-24-31(60-9)19-20-33(35)37/h10-20,23-24,26,30,32,36,39H,1,21-22,25,27-28H2,2-9H3,(H,50,57)(H,51,54).